The third-order valence-electron chi connectivity index (χ3n) is 5.92. The van der Waals surface area contributed by atoms with Gasteiger partial charge in [0, 0.05) is 5.56 Å². The number of anilines is 2. The van der Waals surface area contributed by atoms with Crippen LogP contribution in [0.15, 0.2) is 91.1 Å². The summed E-state index contributed by atoms with van der Waals surface area (Å²) in [6.07, 6.45) is 6.20. The summed E-state index contributed by atoms with van der Waals surface area (Å²) in [6.45, 7) is 3.39. The van der Waals surface area contributed by atoms with Gasteiger partial charge < -0.3 is 10.2 Å². The van der Waals surface area contributed by atoms with Crippen molar-refractivity contribution in [3.8, 4) is 0 Å². The van der Waals surface area contributed by atoms with Crippen molar-refractivity contribution in [2.24, 2.45) is 5.92 Å². The highest BCUT2D eigenvalue weighted by molar-refractivity contribution is 6.37. The number of barbiturate groups is 2. The minimum Gasteiger partial charge on any atom is -0.508 e. The average molecular weight is 556 g/mol. The Morgan fingerprint density at radius 3 is 1.90 bits per heavy atom. The Balaban J connectivity index is 1.49. The minimum absolute atomic E-state index is 0.0560. The monoisotopic (exact) mass is 556 g/mol. The Bertz CT molecular complexity index is 1600. The van der Waals surface area contributed by atoms with Gasteiger partial charge >= 0.3 is 18.0 Å². The molecule has 0 aromatic heterocycles. The van der Waals surface area contributed by atoms with Gasteiger partial charge in [-0.3, -0.25) is 29.8 Å². The number of hydrogen-bond acceptors (Lipinski definition) is 8. The molecule has 0 aliphatic carbocycles. The molecule has 1 atom stereocenters. The molecule has 13 nitrogen and oxygen atoms in total. The molecule has 2 aromatic carbocycles. The first-order valence-electron chi connectivity index (χ1n) is 11.7. The summed E-state index contributed by atoms with van der Waals surface area (Å²) in [5.74, 6) is -6.41. The summed E-state index contributed by atoms with van der Waals surface area (Å²) in [7, 11) is 0. The van der Waals surface area contributed by atoms with Gasteiger partial charge in [-0.05, 0) is 54.6 Å². The van der Waals surface area contributed by atoms with Crippen LogP contribution >= 0.6 is 0 Å². The molecule has 2 aromatic rings. The fraction of sp³-hybridized carbons (Fsp3) is 0.0357. The second kappa shape index (κ2) is 11.3. The van der Waals surface area contributed by atoms with Crippen molar-refractivity contribution in [1.29, 1.82) is 0 Å². The van der Waals surface area contributed by atoms with E-state index < -0.39 is 47.6 Å². The van der Waals surface area contributed by atoms with Crippen molar-refractivity contribution in [2.75, 3.05) is 9.80 Å². The van der Waals surface area contributed by atoms with Gasteiger partial charge in [-0.15, -0.1) is 0 Å². The number of carbonyl (C=O) groups is 7. The standard InChI is InChI=1S/C28H20N4O9/c1-15(33)16-7-11-18(12-8-16)31-24(36)20(22(34)29-27(31)40)5-3-2-4-6-21-23(35)30-28(41)32(25(21)37)19-13-9-17(10-14-19)26(38)39/h2-14,21,33H,1H2,(H,38,39)(H,29,34,40)(H,30,35,41)/b3-2+,6-4+,20-5+. The number of aromatic carboxylic acids is 1. The van der Waals surface area contributed by atoms with Gasteiger partial charge in [-0.2, -0.15) is 0 Å². The van der Waals surface area contributed by atoms with Crippen LogP contribution in [0.4, 0.5) is 21.0 Å². The summed E-state index contributed by atoms with van der Waals surface area (Å²) in [4.78, 5) is 87.5. The first-order valence-corrected chi connectivity index (χ1v) is 11.7. The number of carbonyl (C=O) groups excluding carboxylic acids is 6. The van der Waals surface area contributed by atoms with Crippen LogP contribution in [-0.2, 0) is 19.2 Å². The lowest BCUT2D eigenvalue weighted by Crippen LogP contribution is -2.57. The van der Waals surface area contributed by atoms with Crippen molar-refractivity contribution in [1.82, 2.24) is 10.6 Å². The quantitative estimate of drug-likeness (QED) is 0.130. The van der Waals surface area contributed by atoms with Crippen LogP contribution in [0.5, 0.6) is 0 Å². The summed E-state index contributed by atoms with van der Waals surface area (Å²) in [6, 6.07) is 8.60. The normalized spacial score (nSPS) is 18.8. The van der Waals surface area contributed by atoms with E-state index in [-0.39, 0.29) is 28.3 Å². The van der Waals surface area contributed by atoms with Crippen LogP contribution in [-0.4, -0.2) is 51.9 Å². The maximum Gasteiger partial charge on any atom is 0.335 e. The molecule has 0 spiro atoms. The van der Waals surface area contributed by atoms with Crippen LogP contribution < -0.4 is 20.4 Å². The summed E-state index contributed by atoms with van der Waals surface area (Å²) >= 11 is 0. The van der Waals surface area contributed by atoms with Crippen molar-refractivity contribution in [3.63, 3.8) is 0 Å². The molecule has 2 saturated heterocycles. The predicted molar refractivity (Wildman–Crippen MR) is 143 cm³/mol. The smallest absolute Gasteiger partial charge is 0.335 e. The second-order valence-electron chi connectivity index (χ2n) is 8.54. The molecule has 206 valence electrons. The topological polar surface area (TPSA) is 190 Å². The molecule has 8 amide bonds. The highest BCUT2D eigenvalue weighted by Gasteiger charge is 2.40. The van der Waals surface area contributed by atoms with Crippen LogP contribution in [0, 0.1) is 5.92 Å². The lowest BCUT2D eigenvalue weighted by atomic mass is 10.0. The fourth-order valence-corrected chi connectivity index (χ4v) is 3.86. The molecular formula is C28H20N4O9. The molecule has 13 heteroatoms. The number of urea groups is 2. The number of allylic oxidation sites excluding steroid dienone is 4. The summed E-state index contributed by atoms with van der Waals surface area (Å²) < 4.78 is 0. The van der Waals surface area contributed by atoms with Crippen LogP contribution in [0.1, 0.15) is 15.9 Å². The van der Waals surface area contributed by atoms with E-state index in [1.54, 1.807) is 0 Å². The van der Waals surface area contributed by atoms with Crippen LogP contribution in [0.3, 0.4) is 0 Å². The molecule has 0 saturated carbocycles. The van der Waals surface area contributed by atoms with E-state index in [0.29, 0.717) is 10.5 Å². The van der Waals surface area contributed by atoms with Crippen molar-refractivity contribution >= 4 is 58.8 Å². The number of carboxylic acid groups (broad SMARTS) is 1. The highest BCUT2D eigenvalue weighted by atomic mass is 16.4. The third kappa shape index (κ3) is 5.68. The Hall–Kier alpha value is -6.11. The zero-order valence-electron chi connectivity index (χ0n) is 20.9. The third-order valence-corrected chi connectivity index (χ3v) is 5.92. The molecule has 4 N–H and O–H groups in total. The van der Waals surface area contributed by atoms with Crippen LogP contribution in [0.25, 0.3) is 5.76 Å². The van der Waals surface area contributed by atoms with Gasteiger partial charge in [0.05, 0.1) is 16.9 Å². The van der Waals surface area contributed by atoms with Gasteiger partial charge in [-0.1, -0.05) is 30.9 Å². The second-order valence-corrected chi connectivity index (χ2v) is 8.54. The Kier molecular flexibility index (Phi) is 7.71. The molecule has 2 heterocycles. The number of hydrogen-bond donors (Lipinski definition) is 4. The van der Waals surface area contributed by atoms with E-state index in [1.807, 2.05) is 0 Å². The number of rotatable bonds is 7. The SMILES string of the molecule is C=C(O)c1ccc(N2C(=O)NC(=O)\C(=C/C=C/C=C/C3C(=O)NC(=O)N(c4ccc(C(=O)O)cc4)C3=O)C2=O)cc1. The lowest BCUT2D eigenvalue weighted by Gasteiger charge is -2.28. The molecule has 0 bridgehead atoms. The predicted octanol–water partition coefficient (Wildman–Crippen LogP) is 2.43. The maximum atomic E-state index is 12.9. The van der Waals surface area contributed by atoms with E-state index >= 15 is 0 Å². The molecule has 2 fully saturated rings. The molecule has 2 aliphatic rings. The molecule has 4 rings (SSSR count). The molecule has 41 heavy (non-hydrogen) atoms. The number of imide groups is 4. The number of amides is 8. The summed E-state index contributed by atoms with van der Waals surface area (Å²) in [5, 5.41) is 22.6. The van der Waals surface area contributed by atoms with E-state index in [1.165, 1.54) is 72.8 Å². The van der Waals surface area contributed by atoms with Gasteiger partial charge in [0.25, 0.3) is 17.7 Å². The maximum absolute atomic E-state index is 12.9. The van der Waals surface area contributed by atoms with Crippen molar-refractivity contribution < 1.29 is 43.8 Å². The van der Waals surface area contributed by atoms with Crippen LogP contribution in [0.2, 0.25) is 0 Å². The number of nitrogens with zero attached hydrogens (tertiary/aromatic N) is 2. The Labute approximate surface area is 231 Å². The van der Waals surface area contributed by atoms with E-state index in [2.05, 4.69) is 17.2 Å². The zero-order valence-corrected chi connectivity index (χ0v) is 20.9. The Morgan fingerprint density at radius 1 is 0.756 bits per heavy atom. The van der Waals surface area contributed by atoms with Gasteiger partial charge in [-0.25, -0.2) is 24.2 Å². The molecule has 0 radical (unpaired) electrons. The first-order chi connectivity index (χ1) is 19.5. The van der Waals surface area contributed by atoms with E-state index in [0.717, 1.165) is 11.0 Å². The average Bonchev–Trinajstić information content (AvgIpc) is 2.92. The number of carboxylic acids is 1. The largest absolute Gasteiger partial charge is 0.508 e. The molecule has 2 aliphatic heterocycles. The number of aliphatic hydroxyl groups is 1. The minimum atomic E-state index is -1.41. The lowest BCUT2D eigenvalue weighted by molar-refractivity contribution is -0.132. The highest BCUT2D eigenvalue weighted by Crippen LogP contribution is 2.24. The summed E-state index contributed by atoms with van der Waals surface area (Å²) in [5.41, 5.74) is 0.125. The van der Waals surface area contributed by atoms with E-state index in [4.69, 9.17) is 5.11 Å². The Morgan fingerprint density at radius 2 is 1.32 bits per heavy atom. The number of aliphatic hydroxyl groups excluding tert-OH is 1. The van der Waals surface area contributed by atoms with E-state index in [9.17, 15) is 38.7 Å². The zero-order chi connectivity index (χ0) is 29.8. The van der Waals surface area contributed by atoms with Gasteiger partial charge in [0.1, 0.15) is 17.3 Å². The molecule has 1 unspecified atom stereocenters. The first kappa shape index (κ1) is 27.9. The van der Waals surface area contributed by atoms with Gasteiger partial charge in [0.15, 0.2) is 0 Å². The van der Waals surface area contributed by atoms with Crippen molar-refractivity contribution in [3.05, 3.63) is 102 Å². The fourth-order valence-electron chi connectivity index (χ4n) is 3.86. The molecular weight excluding hydrogens is 536 g/mol. The van der Waals surface area contributed by atoms with Gasteiger partial charge in [0.2, 0.25) is 5.91 Å². The number of nitrogens with one attached hydrogen (secondary N) is 2. The van der Waals surface area contributed by atoms with Crippen molar-refractivity contribution in [2.45, 2.75) is 0 Å². The number of benzene rings is 2.